The van der Waals surface area contributed by atoms with Crippen molar-refractivity contribution in [3.8, 4) is 0 Å². The van der Waals surface area contributed by atoms with Crippen molar-refractivity contribution in [2.75, 3.05) is 27.2 Å². The molecule has 2 unspecified atom stereocenters. The molecular weight excluding hydrogens is 319 g/mol. The van der Waals surface area contributed by atoms with Crippen LogP contribution in [-0.4, -0.2) is 62.1 Å². The van der Waals surface area contributed by atoms with Crippen LogP contribution in [0.3, 0.4) is 0 Å². The number of halogens is 2. The molecule has 1 fully saturated rings. The van der Waals surface area contributed by atoms with Gasteiger partial charge in [-0.3, -0.25) is 0 Å². The van der Waals surface area contributed by atoms with Gasteiger partial charge in [0.2, 0.25) is 10.0 Å². The number of benzene rings is 1. The predicted molar refractivity (Wildman–Crippen MR) is 78.3 cm³/mol. The second kappa shape index (κ2) is 6.18. The van der Waals surface area contributed by atoms with Gasteiger partial charge in [0.05, 0.1) is 11.1 Å². The van der Waals surface area contributed by atoms with Crippen LogP contribution >= 0.6 is 11.6 Å². The third kappa shape index (κ3) is 3.54. The van der Waals surface area contributed by atoms with Gasteiger partial charge < -0.3 is 10.0 Å². The lowest BCUT2D eigenvalue weighted by Gasteiger charge is -2.26. The zero-order valence-corrected chi connectivity index (χ0v) is 13.4. The number of aliphatic hydroxyl groups is 1. The van der Waals surface area contributed by atoms with Gasteiger partial charge in [0.15, 0.2) is 0 Å². The number of likely N-dealkylation sites (N-methyl/N-ethyl adjacent to an activating group) is 1. The molecule has 0 bridgehead atoms. The Labute approximate surface area is 129 Å². The van der Waals surface area contributed by atoms with E-state index >= 15 is 0 Å². The molecule has 1 aliphatic heterocycles. The number of aliphatic hydroxyl groups excluding tert-OH is 1. The van der Waals surface area contributed by atoms with E-state index in [-0.39, 0.29) is 22.5 Å². The third-order valence-electron chi connectivity index (χ3n) is 3.40. The molecule has 1 saturated heterocycles. The van der Waals surface area contributed by atoms with Crippen molar-refractivity contribution in [2.24, 2.45) is 0 Å². The molecule has 0 aromatic heterocycles. The van der Waals surface area contributed by atoms with Gasteiger partial charge in [-0.25, -0.2) is 12.8 Å². The van der Waals surface area contributed by atoms with Gasteiger partial charge >= 0.3 is 0 Å². The summed E-state index contributed by atoms with van der Waals surface area (Å²) in [6, 6.07) is 2.88. The van der Waals surface area contributed by atoms with Crippen LogP contribution in [0.4, 0.5) is 4.39 Å². The molecular formula is C13H18ClFN2O3S. The fourth-order valence-electron chi connectivity index (χ4n) is 2.55. The van der Waals surface area contributed by atoms with Gasteiger partial charge in [0, 0.05) is 19.1 Å². The van der Waals surface area contributed by atoms with E-state index in [1.807, 2.05) is 19.0 Å². The largest absolute Gasteiger partial charge is 0.392 e. The lowest BCUT2D eigenvalue weighted by molar-refractivity contribution is 0.188. The molecule has 21 heavy (non-hydrogen) atoms. The zero-order valence-electron chi connectivity index (χ0n) is 11.8. The molecule has 0 spiro atoms. The highest BCUT2D eigenvalue weighted by Crippen LogP contribution is 2.31. The van der Waals surface area contributed by atoms with Crippen molar-refractivity contribution in [3.63, 3.8) is 0 Å². The highest BCUT2D eigenvalue weighted by atomic mass is 35.5. The first-order valence-corrected chi connectivity index (χ1v) is 8.33. The summed E-state index contributed by atoms with van der Waals surface area (Å²) in [5, 5.41) is 9.76. The number of sulfonamides is 1. The normalized spacial score (nSPS) is 23.9. The number of hydrogen-bond donors (Lipinski definition) is 1. The zero-order chi connectivity index (χ0) is 15.8. The first kappa shape index (κ1) is 16.6. The second-order valence-corrected chi connectivity index (χ2v) is 7.72. The number of rotatable bonds is 4. The third-order valence-corrected chi connectivity index (χ3v) is 5.80. The van der Waals surface area contributed by atoms with Crippen molar-refractivity contribution in [2.45, 2.75) is 23.5 Å². The smallest absolute Gasteiger partial charge is 0.245 e. The van der Waals surface area contributed by atoms with Crippen molar-refractivity contribution in [1.82, 2.24) is 9.21 Å². The van der Waals surface area contributed by atoms with Crippen LogP contribution < -0.4 is 0 Å². The lowest BCUT2D eigenvalue weighted by Crippen LogP contribution is -2.41. The fraction of sp³-hybridized carbons (Fsp3) is 0.538. The van der Waals surface area contributed by atoms with Gasteiger partial charge in [0.1, 0.15) is 10.7 Å². The van der Waals surface area contributed by atoms with E-state index in [0.29, 0.717) is 13.0 Å². The Kier molecular flexibility index (Phi) is 4.89. The minimum atomic E-state index is -3.94. The van der Waals surface area contributed by atoms with E-state index < -0.39 is 21.9 Å². The number of nitrogens with zero attached hydrogens (tertiary/aromatic N) is 2. The van der Waals surface area contributed by atoms with Gasteiger partial charge in [-0.1, -0.05) is 11.6 Å². The monoisotopic (exact) mass is 336 g/mol. The number of hydrogen-bond acceptors (Lipinski definition) is 4. The van der Waals surface area contributed by atoms with E-state index in [1.54, 1.807) is 0 Å². The van der Waals surface area contributed by atoms with Gasteiger partial charge in [-0.05, 0) is 38.7 Å². The standard InChI is InChI=1S/C13H18ClFN2O3S/c1-16(2)7-10-6-11(18)8-17(10)21(19,20)13-5-9(15)3-4-12(13)14/h3-5,10-11,18H,6-8H2,1-2H3. The molecule has 5 nitrogen and oxygen atoms in total. The maximum atomic E-state index is 13.3. The Bertz CT molecular complexity index is 624. The lowest BCUT2D eigenvalue weighted by atomic mass is 10.2. The first-order valence-electron chi connectivity index (χ1n) is 6.51. The van der Waals surface area contributed by atoms with Crippen LogP contribution in [0, 0.1) is 5.82 Å². The number of β-amino-alcohol motifs (C(OH)–C–C–N with tert-alkyl or cyclic N) is 1. The van der Waals surface area contributed by atoms with Crippen LogP contribution in [0.1, 0.15) is 6.42 Å². The summed E-state index contributed by atoms with van der Waals surface area (Å²) in [5.74, 6) is -0.665. The predicted octanol–water partition coefficient (Wildman–Crippen LogP) is 1.16. The molecule has 1 aromatic carbocycles. The minimum Gasteiger partial charge on any atom is -0.392 e. The summed E-state index contributed by atoms with van der Waals surface area (Å²) in [6.07, 6.45) is -0.373. The van der Waals surface area contributed by atoms with Crippen LogP contribution in [0.2, 0.25) is 5.02 Å². The molecule has 1 N–H and O–H groups in total. The quantitative estimate of drug-likeness (QED) is 0.896. The molecule has 2 rings (SSSR count). The summed E-state index contributed by atoms with van der Waals surface area (Å²) >= 11 is 5.90. The summed E-state index contributed by atoms with van der Waals surface area (Å²) in [6.45, 7) is 0.469. The van der Waals surface area contributed by atoms with E-state index in [4.69, 9.17) is 11.6 Å². The molecule has 8 heteroatoms. The average Bonchev–Trinajstić information content (AvgIpc) is 2.73. The van der Waals surface area contributed by atoms with E-state index in [9.17, 15) is 17.9 Å². The highest BCUT2D eigenvalue weighted by molar-refractivity contribution is 7.89. The Balaban J connectivity index is 2.39. The molecule has 1 aromatic rings. The van der Waals surface area contributed by atoms with E-state index in [1.165, 1.54) is 10.4 Å². The first-order chi connectivity index (χ1) is 9.71. The maximum absolute atomic E-state index is 13.3. The van der Waals surface area contributed by atoms with Crippen LogP contribution in [0.5, 0.6) is 0 Å². The van der Waals surface area contributed by atoms with Crippen molar-refractivity contribution in [3.05, 3.63) is 29.0 Å². The van der Waals surface area contributed by atoms with Gasteiger partial charge in [0.25, 0.3) is 0 Å². The molecule has 0 aliphatic carbocycles. The van der Waals surface area contributed by atoms with Gasteiger partial charge in [-0.15, -0.1) is 0 Å². The molecule has 2 atom stereocenters. The molecule has 0 amide bonds. The molecule has 1 heterocycles. The summed E-state index contributed by atoms with van der Waals surface area (Å²) in [4.78, 5) is 1.58. The topological polar surface area (TPSA) is 60.9 Å². The van der Waals surface area contributed by atoms with Crippen LogP contribution in [0.25, 0.3) is 0 Å². The molecule has 1 aliphatic rings. The summed E-state index contributed by atoms with van der Waals surface area (Å²) < 4.78 is 39.9. The van der Waals surface area contributed by atoms with Crippen molar-refractivity contribution < 1.29 is 17.9 Å². The Hall–Kier alpha value is -0.730. The molecule has 0 radical (unpaired) electrons. The van der Waals surface area contributed by atoms with E-state index in [2.05, 4.69) is 0 Å². The van der Waals surface area contributed by atoms with Crippen molar-refractivity contribution in [1.29, 1.82) is 0 Å². The minimum absolute atomic E-state index is 0.00627. The summed E-state index contributed by atoms with van der Waals surface area (Å²) in [5.41, 5.74) is 0. The van der Waals surface area contributed by atoms with Crippen molar-refractivity contribution >= 4 is 21.6 Å². The van der Waals surface area contributed by atoms with Gasteiger partial charge in [-0.2, -0.15) is 4.31 Å². The van der Waals surface area contributed by atoms with Crippen LogP contribution in [-0.2, 0) is 10.0 Å². The SMILES string of the molecule is CN(C)CC1CC(O)CN1S(=O)(=O)c1cc(F)ccc1Cl. The highest BCUT2D eigenvalue weighted by Gasteiger charge is 2.40. The molecule has 118 valence electrons. The fourth-order valence-corrected chi connectivity index (χ4v) is 4.70. The summed E-state index contributed by atoms with van der Waals surface area (Å²) in [7, 11) is -0.297. The Morgan fingerprint density at radius 3 is 2.76 bits per heavy atom. The Morgan fingerprint density at radius 1 is 1.48 bits per heavy atom. The Morgan fingerprint density at radius 2 is 2.14 bits per heavy atom. The maximum Gasteiger partial charge on any atom is 0.245 e. The van der Waals surface area contributed by atoms with E-state index in [0.717, 1.165) is 12.1 Å². The molecule has 0 saturated carbocycles. The average molecular weight is 337 g/mol. The van der Waals surface area contributed by atoms with Crippen LogP contribution in [0.15, 0.2) is 23.1 Å². The second-order valence-electron chi connectivity index (χ2n) is 5.46.